The van der Waals surface area contributed by atoms with Crippen molar-refractivity contribution in [1.29, 1.82) is 0 Å². The third-order valence-corrected chi connectivity index (χ3v) is 4.83. The number of nitrogens with one attached hydrogen (secondary N) is 1. The first kappa shape index (κ1) is 15.9. The molecule has 3 aromatic rings. The maximum atomic E-state index is 12.4. The summed E-state index contributed by atoms with van der Waals surface area (Å²) in [5.41, 5.74) is 1.85. The molecule has 1 saturated carbocycles. The Morgan fingerprint density at radius 2 is 2.08 bits per heavy atom. The van der Waals surface area contributed by atoms with Crippen molar-refractivity contribution >= 4 is 16.8 Å². The molecular weight excluding hydrogens is 316 g/mol. The molecule has 0 atom stereocenters. The number of aryl methyl sites for hydroxylation is 1. The minimum atomic E-state index is 0.0726. The summed E-state index contributed by atoms with van der Waals surface area (Å²) in [5.74, 6) is 1.11. The Bertz CT molecular complexity index is 890. The van der Waals surface area contributed by atoms with Gasteiger partial charge in [-0.3, -0.25) is 4.79 Å². The highest BCUT2D eigenvalue weighted by Gasteiger charge is 2.16. The summed E-state index contributed by atoms with van der Waals surface area (Å²) in [5, 5.41) is 12.2. The zero-order chi connectivity index (χ0) is 17.2. The van der Waals surface area contributed by atoms with E-state index in [1.165, 1.54) is 19.3 Å². The molecular formula is C19H22N4O2. The van der Waals surface area contributed by atoms with Crippen LogP contribution >= 0.6 is 0 Å². The molecule has 1 N–H and O–H groups in total. The largest absolute Gasteiger partial charge is 0.421 e. The number of carbonyl (C=O) groups is 1. The summed E-state index contributed by atoms with van der Waals surface area (Å²) < 4.78 is 7.48. The highest BCUT2D eigenvalue weighted by Crippen LogP contribution is 2.24. The van der Waals surface area contributed by atoms with E-state index < -0.39 is 0 Å². The lowest BCUT2D eigenvalue weighted by atomic mass is 9.95. The summed E-state index contributed by atoms with van der Waals surface area (Å²) in [6, 6.07) is 8.32. The highest BCUT2D eigenvalue weighted by molar-refractivity contribution is 5.86. The van der Waals surface area contributed by atoms with Crippen molar-refractivity contribution in [1.82, 2.24) is 20.1 Å². The fourth-order valence-electron chi connectivity index (χ4n) is 3.54. The van der Waals surface area contributed by atoms with Gasteiger partial charge >= 0.3 is 0 Å². The predicted octanol–water partition coefficient (Wildman–Crippen LogP) is 3.45. The predicted molar refractivity (Wildman–Crippen MR) is 95.0 cm³/mol. The van der Waals surface area contributed by atoms with Gasteiger partial charge in [-0.25, -0.2) is 0 Å². The standard InChI is InChI=1S/C19H22N4O2/c1-13-21-22-19(25-13)15-8-7-14-9-10-23(17(14)11-15)12-18(24)20-16-5-3-2-4-6-16/h7-11,16H,2-6,12H2,1H3,(H,20,24). The van der Waals surface area contributed by atoms with Gasteiger partial charge in [0, 0.05) is 30.2 Å². The van der Waals surface area contributed by atoms with Gasteiger partial charge in [-0.15, -0.1) is 10.2 Å². The van der Waals surface area contributed by atoms with Gasteiger partial charge in [0.15, 0.2) is 0 Å². The smallest absolute Gasteiger partial charge is 0.247 e. The van der Waals surface area contributed by atoms with Gasteiger partial charge in [0.1, 0.15) is 6.54 Å². The summed E-state index contributed by atoms with van der Waals surface area (Å²) >= 11 is 0. The lowest BCUT2D eigenvalue weighted by Crippen LogP contribution is -2.38. The van der Waals surface area contributed by atoms with E-state index in [0.717, 1.165) is 29.3 Å². The number of nitrogens with zero attached hydrogens (tertiary/aromatic N) is 3. The number of carbonyl (C=O) groups excluding carboxylic acids is 1. The molecule has 1 amide bonds. The van der Waals surface area contributed by atoms with E-state index in [4.69, 9.17) is 4.42 Å². The monoisotopic (exact) mass is 338 g/mol. The summed E-state index contributed by atoms with van der Waals surface area (Å²) in [6.07, 6.45) is 7.85. The van der Waals surface area contributed by atoms with Crippen LogP contribution < -0.4 is 5.32 Å². The molecule has 6 nitrogen and oxygen atoms in total. The van der Waals surface area contributed by atoms with Gasteiger partial charge in [0.05, 0.1) is 0 Å². The number of rotatable bonds is 4. The Hall–Kier alpha value is -2.63. The summed E-state index contributed by atoms with van der Waals surface area (Å²) in [4.78, 5) is 12.4. The topological polar surface area (TPSA) is 73.0 Å². The first-order valence-electron chi connectivity index (χ1n) is 8.88. The van der Waals surface area contributed by atoms with E-state index in [1.54, 1.807) is 6.92 Å². The maximum Gasteiger partial charge on any atom is 0.247 e. The van der Waals surface area contributed by atoms with E-state index in [2.05, 4.69) is 15.5 Å². The minimum Gasteiger partial charge on any atom is -0.421 e. The molecule has 2 aromatic heterocycles. The van der Waals surface area contributed by atoms with Gasteiger partial charge in [-0.1, -0.05) is 25.3 Å². The van der Waals surface area contributed by atoms with Crippen LogP contribution in [0.15, 0.2) is 34.9 Å². The molecule has 1 aliphatic rings. The van der Waals surface area contributed by atoms with Gasteiger partial charge in [-0.05, 0) is 36.4 Å². The number of hydrogen-bond donors (Lipinski definition) is 1. The normalized spacial score (nSPS) is 15.6. The first-order valence-corrected chi connectivity index (χ1v) is 8.88. The third-order valence-electron chi connectivity index (χ3n) is 4.83. The molecule has 6 heteroatoms. The second-order valence-electron chi connectivity index (χ2n) is 6.75. The van der Waals surface area contributed by atoms with E-state index in [-0.39, 0.29) is 5.91 Å². The lowest BCUT2D eigenvalue weighted by molar-refractivity contribution is -0.122. The number of hydrogen-bond acceptors (Lipinski definition) is 4. The van der Waals surface area contributed by atoms with Crippen LogP contribution in [0, 0.1) is 6.92 Å². The van der Waals surface area contributed by atoms with E-state index in [9.17, 15) is 4.79 Å². The van der Waals surface area contributed by atoms with Crippen LogP contribution in [0.1, 0.15) is 38.0 Å². The second kappa shape index (κ2) is 6.70. The van der Waals surface area contributed by atoms with Crippen molar-refractivity contribution < 1.29 is 9.21 Å². The molecule has 130 valence electrons. The molecule has 0 aliphatic heterocycles. The Balaban J connectivity index is 1.54. The van der Waals surface area contributed by atoms with Crippen molar-refractivity contribution in [2.24, 2.45) is 0 Å². The quantitative estimate of drug-likeness (QED) is 0.791. The van der Waals surface area contributed by atoms with Crippen LogP contribution in [0.2, 0.25) is 0 Å². The Morgan fingerprint density at radius 1 is 1.24 bits per heavy atom. The fourth-order valence-corrected chi connectivity index (χ4v) is 3.54. The van der Waals surface area contributed by atoms with Gasteiger partial charge in [0.2, 0.25) is 17.7 Å². The van der Waals surface area contributed by atoms with Gasteiger partial charge < -0.3 is 14.3 Å². The Labute approximate surface area is 146 Å². The van der Waals surface area contributed by atoms with E-state index >= 15 is 0 Å². The van der Waals surface area contributed by atoms with E-state index in [0.29, 0.717) is 24.4 Å². The van der Waals surface area contributed by atoms with Crippen molar-refractivity contribution in [2.75, 3.05) is 0 Å². The van der Waals surface area contributed by atoms with Crippen molar-refractivity contribution in [3.05, 3.63) is 36.4 Å². The third kappa shape index (κ3) is 3.43. The second-order valence-corrected chi connectivity index (χ2v) is 6.75. The van der Waals surface area contributed by atoms with Gasteiger partial charge in [0.25, 0.3) is 0 Å². The molecule has 0 unspecified atom stereocenters. The molecule has 0 bridgehead atoms. The van der Waals surface area contributed by atoms with E-state index in [1.807, 2.05) is 35.0 Å². The van der Waals surface area contributed by atoms with Crippen LogP contribution in [0.4, 0.5) is 0 Å². The Morgan fingerprint density at radius 3 is 2.84 bits per heavy atom. The lowest BCUT2D eigenvalue weighted by Gasteiger charge is -2.22. The van der Waals surface area contributed by atoms with Crippen LogP contribution in [0.5, 0.6) is 0 Å². The molecule has 2 heterocycles. The van der Waals surface area contributed by atoms with Crippen molar-refractivity contribution in [2.45, 2.75) is 51.6 Å². The minimum absolute atomic E-state index is 0.0726. The Kier molecular flexibility index (Phi) is 4.26. The number of benzene rings is 1. The molecule has 0 spiro atoms. The molecule has 4 rings (SSSR count). The van der Waals surface area contributed by atoms with Crippen molar-refractivity contribution in [3.63, 3.8) is 0 Å². The van der Waals surface area contributed by atoms with Crippen LogP contribution in [-0.2, 0) is 11.3 Å². The van der Waals surface area contributed by atoms with Crippen molar-refractivity contribution in [3.8, 4) is 11.5 Å². The molecule has 25 heavy (non-hydrogen) atoms. The molecule has 1 fully saturated rings. The molecule has 1 aliphatic carbocycles. The number of aromatic nitrogens is 3. The summed E-state index contributed by atoms with van der Waals surface area (Å²) in [7, 11) is 0. The molecule has 1 aromatic carbocycles. The first-order chi connectivity index (χ1) is 12.2. The number of fused-ring (bicyclic) bond motifs is 1. The maximum absolute atomic E-state index is 12.4. The van der Waals surface area contributed by atoms with Gasteiger partial charge in [-0.2, -0.15) is 0 Å². The van der Waals surface area contributed by atoms with Crippen LogP contribution in [0.25, 0.3) is 22.4 Å². The van der Waals surface area contributed by atoms with Crippen LogP contribution in [0.3, 0.4) is 0 Å². The average Bonchev–Trinajstić information content (AvgIpc) is 3.22. The highest BCUT2D eigenvalue weighted by atomic mass is 16.4. The molecule has 0 saturated heterocycles. The zero-order valence-corrected chi connectivity index (χ0v) is 14.4. The molecule has 0 radical (unpaired) electrons. The zero-order valence-electron chi connectivity index (χ0n) is 14.4. The SMILES string of the molecule is Cc1nnc(-c2ccc3ccn(CC(=O)NC4CCCCC4)c3c2)o1. The summed E-state index contributed by atoms with van der Waals surface area (Å²) in [6.45, 7) is 2.10. The number of amides is 1. The van der Waals surface area contributed by atoms with Crippen LogP contribution in [-0.4, -0.2) is 26.7 Å². The fraction of sp³-hybridized carbons (Fsp3) is 0.421. The average molecular weight is 338 g/mol.